The van der Waals surface area contributed by atoms with Crippen LogP contribution in [0.15, 0.2) is 48.8 Å². The Labute approximate surface area is 162 Å². The molecule has 0 saturated carbocycles. The van der Waals surface area contributed by atoms with Crippen molar-refractivity contribution in [2.45, 2.75) is 19.4 Å². The summed E-state index contributed by atoms with van der Waals surface area (Å²) in [7, 11) is 0. The van der Waals surface area contributed by atoms with Gasteiger partial charge in [0.1, 0.15) is 0 Å². The number of carbonyl (C=O) groups excluding carboxylic acids is 1. The van der Waals surface area contributed by atoms with Crippen molar-refractivity contribution in [1.82, 2.24) is 14.5 Å². The molecular weight excluding hydrogens is 369 g/mol. The maximum Gasteiger partial charge on any atom is 0.255 e. The predicted molar refractivity (Wildman–Crippen MR) is 105 cm³/mol. The fourth-order valence-electron chi connectivity index (χ4n) is 3.59. The molecular formula is C20H19Cl2N3O. The van der Waals surface area contributed by atoms with Crippen LogP contribution in [0.1, 0.15) is 23.2 Å². The van der Waals surface area contributed by atoms with Gasteiger partial charge in [-0.1, -0.05) is 35.3 Å². The van der Waals surface area contributed by atoms with Gasteiger partial charge in [0.15, 0.2) is 0 Å². The molecule has 0 bridgehead atoms. The van der Waals surface area contributed by atoms with Gasteiger partial charge in [-0.2, -0.15) is 0 Å². The molecule has 2 aromatic carbocycles. The van der Waals surface area contributed by atoms with Crippen LogP contribution in [0.2, 0.25) is 10.0 Å². The highest BCUT2D eigenvalue weighted by Crippen LogP contribution is 2.26. The van der Waals surface area contributed by atoms with Crippen LogP contribution in [0.4, 0.5) is 0 Å². The molecule has 2 heterocycles. The number of nitrogens with zero attached hydrogens (tertiary/aromatic N) is 3. The molecule has 1 aliphatic heterocycles. The Balaban J connectivity index is 1.40. The summed E-state index contributed by atoms with van der Waals surface area (Å²) in [4.78, 5) is 19.1. The van der Waals surface area contributed by atoms with Crippen molar-refractivity contribution in [3.8, 4) is 0 Å². The number of carbonyl (C=O) groups is 1. The first kappa shape index (κ1) is 17.4. The molecule has 0 aliphatic carbocycles. The summed E-state index contributed by atoms with van der Waals surface area (Å²) in [5.74, 6) is 0.524. The molecule has 26 heavy (non-hydrogen) atoms. The van der Waals surface area contributed by atoms with Crippen molar-refractivity contribution in [2.75, 3.05) is 13.1 Å². The molecule has 3 aromatic rings. The monoisotopic (exact) mass is 387 g/mol. The van der Waals surface area contributed by atoms with Gasteiger partial charge in [-0.3, -0.25) is 4.79 Å². The van der Waals surface area contributed by atoms with Gasteiger partial charge in [-0.25, -0.2) is 4.98 Å². The molecule has 134 valence electrons. The molecule has 4 rings (SSSR count). The van der Waals surface area contributed by atoms with Gasteiger partial charge in [-0.05, 0) is 49.1 Å². The van der Waals surface area contributed by atoms with E-state index in [0.717, 1.165) is 38.0 Å². The van der Waals surface area contributed by atoms with E-state index in [1.54, 1.807) is 18.2 Å². The third-order valence-electron chi connectivity index (χ3n) is 5.05. The minimum Gasteiger partial charge on any atom is -0.339 e. The lowest BCUT2D eigenvalue weighted by Crippen LogP contribution is -2.39. The number of hydrogen-bond donors (Lipinski definition) is 0. The van der Waals surface area contributed by atoms with Crippen LogP contribution in [0.5, 0.6) is 0 Å². The Morgan fingerprint density at radius 2 is 1.88 bits per heavy atom. The maximum absolute atomic E-state index is 12.7. The fourth-order valence-corrected chi connectivity index (χ4v) is 4.08. The van der Waals surface area contributed by atoms with E-state index in [1.165, 1.54) is 5.52 Å². The van der Waals surface area contributed by atoms with Crippen LogP contribution >= 0.6 is 23.2 Å². The second-order valence-corrected chi connectivity index (χ2v) is 7.59. The summed E-state index contributed by atoms with van der Waals surface area (Å²) in [6.07, 6.45) is 3.86. The number of amides is 1. The zero-order valence-corrected chi connectivity index (χ0v) is 15.7. The summed E-state index contributed by atoms with van der Waals surface area (Å²) < 4.78 is 2.22. The molecule has 0 radical (unpaired) electrons. The van der Waals surface area contributed by atoms with Crippen molar-refractivity contribution < 1.29 is 4.79 Å². The topological polar surface area (TPSA) is 38.1 Å². The summed E-state index contributed by atoms with van der Waals surface area (Å²) >= 11 is 12.1. The zero-order valence-electron chi connectivity index (χ0n) is 14.2. The lowest BCUT2D eigenvalue weighted by Gasteiger charge is -2.32. The number of para-hydroxylation sites is 2. The second kappa shape index (κ2) is 7.29. The molecule has 0 atom stereocenters. The number of piperidine rings is 1. The Kier molecular flexibility index (Phi) is 4.88. The largest absolute Gasteiger partial charge is 0.339 e. The minimum absolute atomic E-state index is 0.0156. The first-order valence-corrected chi connectivity index (χ1v) is 9.51. The average Bonchev–Trinajstić information content (AvgIpc) is 3.05. The lowest BCUT2D eigenvalue weighted by atomic mass is 9.96. The molecule has 1 aromatic heterocycles. The molecule has 0 spiro atoms. The average molecular weight is 388 g/mol. The third kappa shape index (κ3) is 3.44. The van der Waals surface area contributed by atoms with E-state index in [1.807, 2.05) is 29.4 Å². The summed E-state index contributed by atoms with van der Waals surface area (Å²) in [5.41, 5.74) is 2.71. The summed E-state index contributed by atoms with van der Waals surface area (Å²) in [5, 5.41) is 0.951. The van der Waals surface area contributed by atoms with Gasteiger partial charge < -0.3 is 9.47 Å². The SMILES string of the molecule is O=C(c1ccc(Cl)cc1Cl)N1CCC(Cn2cnc3ccccc32)CC1. The van der Waals surface area contributed by atoms with E-state index >= 15 is 0 Å². The molecule has 1 fully saturated rings. The first-order chi connectivity index (χ1) is 12.6. The number of fused-ring (bicyclic) bond motifs is 1. The fraction of sp³-hybridized carbons (Fsp3) is 0.300. The van der Waals surface area contributed by atoms with Gasteiger partial charge in [0, 0.05) is 24.7 Å². The van der Waals surface area contributed by atoms with Crippen LogP contribution in [-0.4, -0.2) is 33.4 Å². The highest BCUT2D eigenvalue weighted by Gasteiger charge is 2.25. The van der Waals surface area contributed by atoms with E-state index in [4.69, 9.17) is 23.2 Å². The van der Waals surface area contributed by atoms with Gasteiger partial charge in [0.2, 0.25) is 0 Å². The van der Waals surface area contributed by atoms with Crippen LogP contribution in [0.25, 0.3) is 11.0 Å². The molecule has 0 N–H and O–H groups in total. The Morgan fingerprint density at radius 3 is 2.65 bits per heavy atom. The van der Waals surface area contributed by atoms with Gasteiger partial charge in [0.25, 0.3) is 5.91 Å². The first-order valence-electron chi connectivity index (χ1n) is 8.76. The van der Waals surface area contributed by atoms with Crippen LogP contribution < -0.4 is 0 Å². The number of imidazole rings is 1. The van der Waals surface area contributed by atoms with Crippen molar-refractivity contribution in [3.63, 3.8) is 0 Å². The minimum atomic E-state index is -0.0156. The zero-order chi connectivity index (χ0) is 18.1. The molecule has 6 heteroatoms. The number of halogens is 2. The molecule has 1 aliphatic rings. The number of aromatic nitrogens is 2. The normalized spacial score (nSPS) is 15.5. The molecule has 1 amide bonds. The van der Waals surface area contributed by atoms with Crippen LogP contribution in [-0.2, 0) is 6.54 Å². The number of rotatable bonds is 3. The molecule has 1 saturated heterocycles. The van der Waals surface area contributed by atoms with Crippen molar-refractivity contribution in [2.24, 2.45) is 5.92 Å². The van der Waals surface area contributed by atoms with E-state index in [-0.39, 0.29) is 5.91 Å². The van der Waals surface area contributed by atoms with Crippen molar-refractivity contribution >= 4 is 40.1 Å². The summed E-state index contributed by atoms with van der Waals surface area (Å²) in [6.45, 7) is 2.43. The van der Waals surface area contributed by atoms with Crippen molar-refractivity contribution in [3.05, 3.63) is 64.4 Å². The third-order valence-corrected chi connectivity index (χ3v) is 5.59. The smallest absolute Gasteiger partial charge is 0.255 e. The van der Waals surface area contributed by atoms with Crippen LogP contribution in [0, 0.1) is 5.92 Å². The number of hydrogen-bond acceptors (Lipinski definition) is 2. The van der Waals surface area contributed by atoms with E-state index < -0.39 is 0 Å². The Bertz CT molecular complexity index is 945. The predicted octanol–water partition coefficient (Wildman–Crippen LogP) is 4.90. The van der Waals surface area contributed by atoms with Crippen LogP contribution in [0.3, 0.4) is 0 Å². The summed E-state index contributed by atoms with van der Waals surface area (Å²) in [6, 6.07) is 13.2. The van der Waals surface area contributed by atoms with E-state index in [0.29, 0.717) is 21.5 Å². The highest BCUT2D eigenvalue weighted by atomic mass is 35.5. The molecule has 4 nitrogen and oxygen atoms in total. The van der Waals surface area contributed by atoms with Gasteiger partial charge in [-0.15, -0.1) is 0 Å². The second-order valence-electron chi connectivity index (χ2n) is 6.75. The van der Waals surface area contributed by atoms with Crippen molar-refractivity contribution in [1.29, 1.82) is 0 Å². The van der Waals surface area contributed by atoms with Gasteiger partial charge >= 0.3 is 0 Å². The lowest BCUT2D eigenvalue weighted by molar-refractivity contribution is 0.0683. The van der Waals surface area contributed by atoms with Gasteiger partial charge in [0.05, 0.1) is 27.9 Å². The quantitative estimate of drug-likeness (QED) is 0.641. The number of likely N-dealkylation sites (tertiary alicyclic amines) is 1. The maximum atomic E-state index is 12.7. The Morgan fingerprint density at radius 1 is 1.12 bits per heavy atom. The highest BCUT2D eigenvalue weighted by molar-refractivity contribution is 6.36. The van der Waals surface area contributed by atoms with E-state index in [2.05, 4.69) is 15.6 Å². The standard InChI is InChI=1S/C20H19Cl2N3O/c21-15-5-6-16(17(22)11-15)20(26)24-9-7-14(8-10-24)12-25-13-23-18-3-1-2-4-19(18)25/h1-6,11,13-14H,7-10,12H2. The molecule has 0 unspecified atom stereocenters. The van der Waals surface area contributed by atoms with E-state index in [9.17, 15) is 4.79 Å². The Hall–Kier alpha value is -2.04. The number of benzene rings is 2.